The summed E-state index contributed by atoms with van der Waals surface area (Å²) in [5, 5.41) is 18.7. The van der Waals surface area contributed by atoms with Crippen LogP contribution in [0.1, 0.15) is 11.3 Å². The van der Waals surface area contributed by atoms with E-state index in [1.165, 1.54) is 6.07 Å². The lowest BCUT2D eigenvalue weighted by Crippen LogP contribution is -2.15. The van der Waals surface area contributed by atoms with Crippen LogP contribution >= 0.6 is 0 Å². The molecule has 0 unspecified atom stereocenters. The number of benzene rings is 1. The van der Waals surface area contributed by atoms with Crippen molar-refractivity contribution in [2.24, 2.45) is 0 Å². The number of carbonyl (C=O) groups excluding carboxylic acids is 1. The van der Waals surface area contributed by atoms with Gasteiger partial charge in [-0.25, -0.2) is 0 Å². The Hall–Kier alpha value is -2.50. The number of para-hydroxylation sites is 1. The monoisotopic (exact) mass is 246 g/mol. The molecule has 1 amide bonds. The number of aromatic nitrogens is 2. The summed E-state index contributed by atoms with van der Waals surface area (Å²) in [4.78, 5) is 11.8. The number of anilines is 2. The number of phenolic OH excluding ortho intramolecular Hbond substituents is 1. The second kappa shape index (κ2) is 4.79. The highest BCUT2D eigenvalue weighted by Gasteiger charge is 2.12. The fourth-order valence-electron chi connectivity index (χ4n) is 1.54. The average molecular weight is 246 g/mol. The van der Waals surface area contributed by atoms with Crippen molar-refractivity contribution in [3.8, 4) is 5.75 Å². The third-order valence-corrected chi connectivity index (χ3v) is 2.59. The Kier molecular flexibility index (Phi) is 3.18. The zero-order chi connectivity index (χ0) is 13.1. The molecule has 1 aromatic heterocycles. The largest absolute Gasteiger partial charge is 0.508 e. The van der Waals surface area contributed by atoms with Crippen LogP contribution in [-0.4, -0.2) is 21.2 Å². The van der Waals surface area contributed by atoms with Gasteiger partial charge in [0.2, 0.25) is 5.91 Å². The smallest absolute Gasteiger partial charge is 0.230 e. The minimum atomic E-state index is -0.283. The maximum atomic E-state index is 11.8. The molecular weight excluding hydrogens is 232 g/mol. The number of nitrogens with zero attached hydrogens (tertiary/aromatic N) is 1. The lowest BCUT2D eigenvalue weighted by atomic mass is 10.1. The van der Waals surface area contributed by atoms with Crippen molar-refractivity contribution in [2.45, 2.75) is 13.3 Å². The minimum absolute atomic E-state index is 0.0675. The summed E-state index contributed by atoms with van der Waals surface area (Å²) in [6.45, 7) is 1.76. The highest BCUT2D eigenvalue weighted by molar-refractivity contribution is 5.94. The normalized spacial score (nSPS) is 10.3. The number of nitrogen functional groups attached to an aromatic ring is 1. The summed E-state index contributed by atoms with van der Waals surface area (Å²) in [6.07, 6.45) is 0.0675. The first-order chi connectivity index (χ1) is 8.58. The number of nitrogens with two attached hydrogens (primary N) is 1. The number of carbonyl (C=O) groups is 1. The molecule has 1 aromatic carbocycles. The molecule has 2 rings (SSSR count). The zero-order valence-corrected chi connectivity index (χ0v) is 9.90. The molecule has 0 bridgehead atoms. The number of hydrogen-bond acceptors (Lipinski definition) is 4. The molecular formula is C12H14N4O2. The molecule has 18 heavy (non-hydrogen) atoms. The number of H-pyrrole nitrogens is 1. The topological polar surface area (TPSA) is 104 Å². The van der Waals surface area contributed by atoms with Crippen molar-refractivity contribution in [2.75, 3.05) is 11.1 Å². The van der Waals surface area contributed by atoms with Crippen molar-refractivity contribution in [3.63, 3.8) is 0 Å². The van der Waals surface area contributed by atoms with E-state index in [0.717, 1.165) is 0 Å². The molecule has 0 saturated heterocycles. The van der Waals surface area contributed by atoms with Crippen LogP contribution in [0.2, 0.25) is 0 Å². The molecule has 0 saturated carbocycles. The standard InChI is InChI=1S/C12H14N4O2/c1-7-11(13)12(16-15-7)14-10(18)6-8-4-2-3-5-9(8)17/h2-5,17H,6,13H2,1H3,(H2,14,15,16,18). The molecule has 0 aliphatic heterocycles. The van der Waals surface area contributed by atoms with Crippen molar-refractivity contribution < 1.29 is 9.90 Å². The van der Waals surface area contributed by atoms with Crippen molar-refractivity contribution in [1.82, 2.24) is 10.2 Å². The van der Waals surface area contributed by atoms with Gasteiger partial charge in [0.25, 0.3) is 0 Å². The van der Waals surface area contributed by atoms with E-state index in [9.17, 15) is 9.90 Å². The molecule has 0 fully saturated rings. The lowest BCUT2D eigenvalue weighted by Gasteiger charge is -2.05. The van der Waals surface area contributed by atoms with E-state index in [4.69, 9.17) is 5.73 Å². The Morgan fingerprint density at radius 2 is 2.22 bits per heavy atom. The van der Waals surface area contributed by atoms with Gasteiger partial charge in [0.05, 0.1) is 17.8 Å². The molecule has 0 aliphatic rings. The average Bonchev–Trinajstić information content (AvgIpc) is 2.64. The van der Waals surface area contributed by atoms with Gasteiger partial charge >= 0.3 is 0 Å². The predicted octanol–water partition coefficient (Wildman–Crippen LogP) is 1.19. The van der Waals surface area contributed by atoms with Gasteiger partial charge in [0.15, 0.2) is 5.82 Å². The number of phenols is 1. The van der Waals surface area contributed by atoms with E-state index in [-0.39, 0.29) is 18.1 Å². The molecule has 0 radical (unpaired) electrons. The van der Waals surface area contributed by atoms with Crippen LogP contribution in [0.5, 0.6) is 5.75 Å². The Balaban J connectivity index is 2.06. The van der Waals surface area contributed by atoms with Crippen LogP contribution in [0.15, 0.2) is 24.3 Å². The van der Waals surface area contributed by atoms with Gasteiger partial charge in [0.1, 0.15) is 5.75 Å². The number of aromatic hydroxyl groups is 1. The van der Waals surface area contributed by atoms with Gasteiger partial charge in [-0.15, -0.1) is 0 Å². The summed E-state index contributed by atoms with van der Waals surface area (Å²) in [5.41, 5.74) is 7.39. The first-order valence-electron chi connectivity index (χ1n) is 5.45. The third kappa shape index (κ3) is 2.42. The summed E-state index contributed by atoms with van der Waals surface area (Å²) < 4.78 is 0. The molecule has 6 nitrogen and oxygen atoms in total. The SMILES string of the molecule is Cc1[nH]nc(NC(=O)Cc2ccccc2O)c1N. The second-order valence-electron chi connectivity index (χ2n) is 3.96. The van der Waals surface area contributed by atoms with E-state index in [0.29, 0.717) is 22.8 Å². The molecule has 5 N–H and O–H groups in total. The van der Waals surface area contributed by atoms with E-state index in [1.54, 1.807) is 25.1 Å². The lowest BCUT2D eigenvalue weighted by molar-refractivity contribution is -0.115. The van der Waals surface area contributed by atoms with E-state index in [2.05, 4.69) is 15.5 Å². The van der Waals surface area contributed by atoms with Crippen LogP contribution in [0.3, 0.4) is 0 Å². The number of nitrogens with one attached hydrogen (secondary N) is 2. The summed E-state index contributed by atoms with van der Waals surface area (Å²) in [5.74, 6) is 0.126. The van der Waals surface area contributed by atoms with Gasteiger partial charge in [-0.05, 0) is 13.0 Å². The first kappa shape index (κ1) is 12.0. The fourth-order valence-corrected chi connectivity index (χ4v) is 1.54. The number of aryl methyl sites for hydroxylation is 1. The molecule has 1 heterocycles. The molecule has 0 spiro atoms. The van der Waals surface area contributed by atoms with Gasteiger partial charge in [-0.1, -0.05) is 18.2 Å². The number of aromatic amines is 1. The van der Waals surface area contributed by atoms with E-state index < -0.39 is 0 Å². The maximum absolute atomic E-state index is 11.8. The molecule has 6 heteroatoms. The van der Waals surface area contributed by atoms with E-state index >= 15 is 0 Å². The van der Waals surface area contributed by atoms with Crippen LogP contribution < -0.4 is 11.1 Å². The van der Waals surface area contributed by atoms with Crippen LogP contribution in [0, 0.1) is 6.92 Å². The Morgan fingerprint density at radius 3 is 2.83 bits per heavy atom. The summed E-state index contributed by atoms with van der Waals surface area (Å²) in [7, 11) is 0. The molecule has 0 aliphatic carbocycles. The second-order valence-corrected chi connectivity index (χ2v) is 3.96. The zero-order valence-electron chi connectivity index (χ0n) is 9.90. The molecule has 2 aromatic rings. The Morgan fingerprint density at radius 1 is 1.50 bits per heavy atom. The maximum Gasteiger partial charge on any atom is 0.230 e. The van der Waals surface area contributed by atoms with Crippen LogP contribution in [-0.2, 0) is 11.2 Å². The highest BCUT2D eigenvalue weighted by Crippen LogP contribution is 2.20. The number of amides is 1. The number of rotatable bonds is 3. The third-order valence-electron chi connectivity index (χ3n) is 2.59. The number of hydrogen-bond donors (Lipinski definition) is 4. The highest BCUT2D eigenvalue weighted by atomic mass is 16.3. The fraction of sp³-hybridized carbons (Fsp3) is 0.167. The van der Waals surface area contributed by atoms with Crippen molar-refractivity contribution in [1.29, 1.82) is 0 Å². The Bertz CT molecular complexity index is 577. The molecule has 94 valence electrons. The Labute approximate surface area is 104 Å². The van der Waals surface area contributed by atoms with Crippen LogP contribution in [0.4, 0.5) is 11.5 Å². The minimum Gasteiger partial charge on any atom is -0.508 e. The van der Waals surface area contributed by atoms with Crippen LogP contribution in [0.25, 0.3) is 0 Å². The predicted molar refractivity (Wildman–Crippen MR) is 68.2 cm³/mol. The summed E-state index contributed by atoms with van der Waals surface area (Å²) >= 11 is 0. The van der Waals surface area contributed by atoms with Gasteiger partial charge in [0, 0.05) is 5.56 Å². The van der Waals surface area contributed by atoms with E-state index in [1.807, 2.05) is 0 Å². The van der Waals surface area contributed by atoms with Gasteiger partial charge in [-0.3, -0.25) is 9.89 Å². The quantitative estimate of drug-likeness (QED) is 0.652. The van der Waals surface area contributed by atoms with Crippen molar-refractivity contribution >= 4 is 17.4 Å². The first-order valence-corrected chi connectivity index (χ1v) is 5.45. The van der Waals surface area contributed by atoms with Gasteiger partial charge < -0.3 is 16.2 Å². The molecule has 0 atom stereocenters. The summed E-state index contributed by atoms with van der Waals surface area (Å²) in [6, 6.07) is 6.69. The van der Waals surface area contributed by atoms with Gasteiger partial charge in [-0.2, -0.15) is 5.10 Å². The van der Waals surface area contributed by atoms with Crippen molar-refractivity contribution in [3.05, 3.63) is 35.5 Å².